The van der Waals surface area contributed by atoms with E-state index in [1.165, 1.54) is 0 Å². The lowest BCUT2D eigenvalue weighted by Gasteiger charge is -2.12. The van der Waals surface area contributed by atoms with Gasteiger partial charge in [-0.05, 0) is 19.4 Å². The number of nitrogens with zero attached hydrogens (tertiary/aromatic N) is 2. The van der Waals surface area contributed by atoms with Gasteiger partial charge >= 0.3 is 0 Å². The summed E-state index contributed by atoms with van der Waals surface area (Å²) < 4.78 is 68.0. The normalized spacial score (nSPS) is 17.1. The van der Waals surface area contributed by atoms with Gasteiger partial charge in [0.25, 0.3) is 0 Å². The Labute approximate surface area is 137 Å². The fourth-order valence-electron chi connectivity index (χ4n) is 2.63. The van der Waals surface area contributed by atoms with E-state index >= 15 is 0 Å². The van der Waals surface area contributed by atoms with E-state index in [1.54, 1.807) is 0 Å². The van der Waals surface area contributed by atoms with Gasteiger partial charge in [-0.25, -0.2) is 26.9 Å². The number of carbonyl (C=O) groups excluding carboxylic acids is 2. The van der Waals surface area contributed by atoms with E-state index in [2.05, 4.69) is 10.3 Å². The van der Waals surface area contributed by atoms with E-state index < -0.39 is 58.2 Å². The fraction of sp³-hybridized carbons (Fsp3) is 0.267. The summed E-state index contributed by atoms with van der Waals surface area (Å²) in [5, 5.41) is 2.87. The molecule has 1 N–H and O–H groups in total. The Kier molecular flexibility index (Phi) is 4.38. The number of carbonyl (C=O) groups is 2. The van der Waals surface area contributed by atoms with Gasteiger partial charge < -0.3 is 5.32 Å². The molecule has 2 aromatic rings. The summed E-state index contributed by atoms with van der Waals surface area (Å²) in [6.07, 6.45) is 3.30. The first kappa shape index (κ1) is 17.2. The molecule has 0 saturated carbocycles. The maximum Gasteiger partial charge on any atom is 0.249 e. The zero-order valence-electron chi connectivity index (χ0n) is 12.5. The molecule has 0 bridgehead atoms. The van der Waals surface area contributed by atoms with E-state index in [4.69, 9.17) is 0 Å². The molecule has 0 aliphatic carbocycles. The summed E-state index contributed by atoms with van der Waals surface area (Å²) in [5.74, 6) is -14.3. The van der Waals surface area contributed by atoms with Crippen LogP contribution in [0.3, 0.4) is 0 Å². The lowest BCUT2D eigenvalue weighted by molar-refractivity contribution is 0.0851. The van der Waals surface area contributed by atoms with Crippen LogP contribution >= 0.6 is 0 Å². The molecule has 1 fully saturated rings. The number of hydrogen-bond acceptors (Lipinski definition) is 4. The Morgan fingerprint density at radius 3 is 2.20 bits per heavy atom. The van der Waals surface area contributed by atoms with Crippen molar-refractivity contribution >= 4 is 11.7 Å². The molecule has 3 rings (SSSR count). The van der Waals surface area contributed by atoms with Crippen molar-refractivity contribution in [2.24, 2.45) is 0 Å². The van der Waals surface area contributed by atoms with Crippen molar-refractivity contribution in [2.45, 2.75) is 18.9 Å². The van der Waals surface area contributed by atoms with Crippen molar-refractivity contribution in [2.75, 3.05) is 6.54 Å². The smallest absolute Gasteiger partial charge is 0.249 e. The molecule has 1 aliphatic rings. The van der Waals surface area contributed by atoms with Crippen LogP contribution in [0.15, 0.2) is 12.4 Å². The average Bonchev–Trinajstić information content (AvgIpc) is 3.28. The monoisotopic (exact) mass is 359 g/mol. The van der Waals surface area contributed by atoms with Gasteiger partial charge in [0.15, 0.2) is 29.1 Å². The third-order valence-corrected chi connectivity index (χ3v) is 3.88. The number of rotatable bonds is 3. The van der Waals surface area contributed by atoms with E-state index in [-0.39, 0.29) is 0 Å². The molecule has 1 aromatic heterocycles. The summed E-state index contributed by atoms with van der Waals surface area (Å²) in [5.41, 5.74) is -1.66. The van der Waals surface area contributed by atoms with Crippen LogP contribution in [0, 0.1) is 29.1 Å². The lowest BCUT2D eigenvalue weighted by atomic mass is 10.1. The van der Waals surface area contributed by atoms with Crippen LogP contribution in [0.4, 0.5) is 22.0 Å². The molecule has 1 aromatic carbocycles. The predicted octanol–water partition coefficient (Wildman–Crippen LogP) is 2.20. The van der Waals surface area contributed by atoms with Gasteiger partial charge in [0, 0.05) is 12.4 Å². The molecule has 1 saturated heterocycles. The SMILES string of the molecule is O=C(c1c(F)c(F)c(F)c(F)c1F)c1nccn1C(=O)C1CCCN1. The minimum atomic E-state index is -2.37. The average molecular weight is 359 g/mol. The Morgan fingerprint density at radius 2 is 1.64 bits per heavy atom. The largest absolute Gasteiger partial charge is 0.306 e. The molecule has 132 valence electrons. The first-order valence-corrected chi connectivity index (χ1v) is 7.21. The lowest BCUT2D eigenvalue weighted by Crippen LogP contribution is -2.36. The van der Waals surface area contributed by atoms with Gasteiger partial charge in [-0.3, -0.25) is 14.2 Å². The standard InChI is InChI=1S/C15H10F5N3O2/c16-8-7(9(17)11(19)12(20)10(8)18)13(24)14-22-4-5-23(14)15(25)6-2-1-3-21-6/h4-6,21H,1-3H2. The first-order chi connectivity index (χ1) is 11.8. The van der Waals surface area contributed by atoms with Crippen molar-refractivity contribution in [1.29, 1.82) is 0 Å². The van der Waals surface area contributed by atoms with Gasteiger partial charge in [0.1, 0.15) is 5.56 Å². The van der Waals surface area contributed by atoms with Crippen molar-refractivity contribution in [3.05, 3.63) is 52.9 Å². The highest BCUT2D eigenvalue weighted by molar-refractivity contribution is 6.09. The summed E-state index contributed by atoms with van der Waals surface area (Å²) in [7, 11) is 0. The molecule has 0 amide bonds. The van der Waals surface area contributed by atoms with Gasteiger partial charge in [0.2, 0.25) is 17.5 Å². The van der Waals surface area contributed by atoms with E-state index in [0.29, 0.717) is 19.4 Å². The second-order valence-electron chi connectivity index (χ2n) is 5.38. The minimum absolute atomic E-state index is 0.479. The van der Waals surface area contributed by atoms with Gasteiger partial charge in [-0.2, -0.15) is 0 Å². The topological polar surface area (TPSA) is 64.0 Å². The van der Waals surface area contributed by atoms with E-state index in [0.717, 1.165) is 17.0 Å². The third-order valence-electron chi connectivity index (χ3n) is 3.88. The molecule has 5 nitrogen and oxygen atoms in total. The highest BCUT2D eigenvalue weighted by Gasteiger charge is 2.34. The molecular formula is C15H10F5N3O2. The summed E-state index contributed by atoms with van der Waals surface area (Å²) in [6, 6.07) is -0.628. The molecule has 1 atom stereocenters. The van der Waals surface area contributed by atoms with Crippen molar-refractivity contribution in [1.82, 2.24) is 14.9 Å². The highest BCUT2D eigenvalue weighted by Crippen LogP contribution is 2.25. The number of halogens is 5. The minimum Gasteiger partial charge on any atom is -0.306 e. The fourth-order valence-corrected chi connectivity index (χ4v) is 2.63. The van der Waals surface area contributed by atoms with Crippen LogP contribution in [-0.4, -0.2) is 33.8 Å². The maximum atomic E-state index is 13.8. The molecular weight excluding hydrogens is 349 g/mol. The Bertz CT molecular complexity index is 845. The van der Waals surface area contributed by atoms with Gasteiger partial charge in [-0.15, -0.1) is 0 Å². The van der Waals surface area contributed by atoms with Crippen LogP contribution < -0.4 is 5.32 Å². The Morgan fingerprint density at radius 1 is 1.04 bits per heavy atom. The van der Waals surface area contributed by atoms with Crippen molar-refractivity contribution in [3.63, 3.8) is 0 Å². The molecule has 0 spiro atoms. The predicted molar refractivity (Wildman–Crippen MR) is 73.5 cm³/mol. The summed E-state index contributed by atoms with van der Waals surface area (Å²) in [4.78, 5) is 28.2. The second-order valence-corrected chi connectivity index (χ2v) is 5.38. The van der Waals surface area contributed by atoms with Crippen LogP contribution in [-0.2, 0) is 0 Å². The van der Waals surface area contributed by atoms with Crippen LogP contribution in [0.25, 0.3) is 0 Å². The summed E-state index contributed by atoms with van der Waals surface area (Å²) in [6.45, 7) is 0.575. The molecule has 25 heavy (non-hydrogen) atoms. The quantitative estimate of drug-likeness (QED) is 0.395. The van der Waals surface area contributed by atoms with Crippen LogP contribution in [0.5, 0.6) is 0 Å². The molecule has 1 unspecified atom stereocenters. The third kappa shape index (κ3) is 2.72. The van der Waals surface area contributed by atoms with Gasteiger partial charge in [-0.1, -0.05) is 0 Å². The maximum absolute atomic E-state index is 13.8. The number of ketones is 1. The zero-order valence-corrected chi connectivity index (χ0v) is 12.5. The highest BCUT2D eigenvalue weighted by atomic mass is 19.2. The number of aromatic nitrogens is 2. The van der Waals surface area contributed by atoms with Crippen LogP contribution in [0.1, 0.15) is 33.8 Å². The number of hydrogen-bond donors (Lipinski definition) is 1. The molecule has 2 heterocycles. The Hall–Kier alpha value is -2.62. The first-order valence-electron chi connectivity index (χ1n) is 7.21. The van der Waals surface area contributed by atoms with E-state index in [1.807, 2.05) is 0 Å². The number of imidazole rings is 1. The molecule has 10 heteroatoms. The molecule has 0 radical (unpaired) electrons. The Balaban J connectivity index is 2.07. The summed E-state index contributed by atoms with van der Waals surface area (Å²) >= 11 is 0. The van der Waals surface area contributed by atoms with Crippen molar-refractivity contribution < 1.29 is 31.5 Å². The zero-order chi connectivity index (χ0) is 18.3. The van der Waals surface area contributed by atoms with Gasteiger partial charge in [0.05, 0.1) is 6.04 Å². The second kappa shape index (κ2) is 6.36. The van der Waals surface area contributed by atoms with Crippen molar-refractivity contribution in [3.8, 4) is 0 Å². The van der Waals surface area contributed by atoms with Crippen LogP contribution in [0.2, 0.25) is 0 Å². The molecule has 1 aliphatic heterocycles. The van der Waals surface area contributed by atoms with E-state index in [9.17, 15) is 31.5 Å². The number of benzene rings is 1. The number of nitrogens with one attached hydrogen (secondary N) is 1.